The number of hydrogen-bond donors (Lipinski definition) is 2. The lowest BCUT2D eigenvalue weighted by molar-refractivity contribution is -0.120. The standard InChI is InChI=1S/C28H56N2O2S4/c1-3-5-7-9-11-13-15-17-19-21-23-25-27(31)29-33-35-36-34-30-28(32)26-24-22-20-18-16-14-12-10-8-6-4-2/h3-26H2,1-2H3,(H,29,31)(H,30,32). The van der Waals surface area contributed by atoms with Gasteiger partial charge in [0.25, 0.3) is 0 Å². The normalized spacial score (nSPS) is 11.1. The van der Waals surface area contributed by atoms with Crippen LogP contribution in [0.4, 0.5) is 0 Å². The Balaban J connectivity index is 3.26. The van der Waals surface area contributed by atoms with Crippen molar-refractivity contribution in [3.63, 3.8) is 0 Å². The number of unbranched alkanes of at least 4 members (excludes halogenated alkanes) is 20. The van der Waals surface area contributed by atoms with Gasteiger partial charge in [0.2, 0.25) is 11.8 Å². The van der Waals surface area contributed by atoms with E-state index in [0.717, 1.165) is 25.7 Å². The highest BCUT2D eigenvalue weighted by molar-refractivity contribution is 9.25. The maximum atomic E-state index is 11.9. The molecule has 0 aliphatic carbocycles. The molecule has 0 bridgehead atoms. The number of nitrogens with one attached hydrogen (secondary N) is 2. The summed E-state index contributed by atoms with van der Waals surface area (Å²) in [4.78, 5) is 23.8. The molecule has 0 saturated carbocycles. The van der Waals surface area contributed by atoms with Crippen molar-refractivity contribution in [3.05, 3.63) is 0 Å². The van der Waals surface area contributed by atoms with Gasteiger partial charge in [0.1, 0.15) is 0 Å². The molecule has 0 spiro atoms. The Kier molecular flexibility index (Phi) is 31.9. The topological polar surface area (TPSA) is 58.2 Å². The summed E-state index contributed by atoms with van der Waals surface area (Å²) in [7, 11) is 5.64. The second-order valence-electron chi connectivity index (χ2n) is 9.92. The molecule has 0 unspecified atom stereocenters. The molecule has 0 atom stereocenters. The Bertz CT molecular complexity index is 442. The van der Waals surface area contributed by atoms with Crippen LogP contribution in [0.15, 0.2) is 0 Å². The zero-order chi connectivity index (χ0) is 26.4. The van der Waals surface area contributed by atoms with Crippen LogP contribution in [0.3, 0.4) is 0 Å². The van der Waals surface area contributed by atoms with E-state index in [-0.39, 0.29) is 11.8 Å². The quantitative estimate of drug-likeness (QED) is 0.0521. The molecule has 0 aromatic rings. The molecule has 4 nitrogen and oxygen atoms in total. The first-order chi connectivity index (χ1) is 17.7. The van der Waals surface area contributed by atoms with Gasteiger partial charge in [-0.1, -0.05) is 142 Å². The summed E-state index contributed by atoms with van der Waals surface area (Å²) in [6, 6.07) is 0. The Labute approximate surface area is 239 Å². The fourth-order valence-corrected chi connectivity index (χ4v) is 8.21. The number of hydrogen-bond acceptors (Lipinski definition) is 6. The van der Waals surface area contributed by atoms with Crippen LogP contribution in [0.5, 0.6) is 0 Å². The molecule has 214 valence electrons. The van der Waals surface area contributed by atoms with Gasteiger partial charge in [-0.3, -0.25) is 19.0 Å². The van der Waals surface area contributed by atoms with E-state index in [1.807, 2.05) is 0 Å². The minimum atomic E-state index is 0.106. The number of amides is 2. The molecule has 2 N–H and O–H groups in total. The summed E-state index contributed by atoms with van der Waals surface area (Å²) >= 11 is 0. The van der Waals surface area contributed by atoms with Gasteiger partial charge >= 0.3 is 0 Å². The van der Waals surface area contributed by atoms with Gasteiger partial charge in [-0.05, 0) is 12.8 Å². The average Bonchev–Trinajstić information content (AvgIpc) is 2.87. The van der Waals surface area contributed by atoms with Crippen molar-refractivity contribution in [1.29, 1.82) is 0 Å². The van der Waals surface area contributed by atoms with Crippen molar-refractivity contribution in [3.8, 4) is 0 Å². The number of carbonyl (C=O) groups is 2. The highest BCUT2D eigenvalue weighted by Gasteiger charge is 2.04. The Morgan fingerprint density at radius 1 is 0.417 bits per heavy atom. The fourth-order valence-electron chi connectivity index (χ4n) is 4.16. The van der Waals surface area contributed by atoms with E-state index in [9.17, 15) is 9.59 Å². The summed E-state index contributed by atoms with van der Waals surface area (Å²) in [5.41, 5.74) is 0. The molecular weight excluding hydrogens is 525 g/mol. The Morgan fingerprint density at radius 3 is 0.944 bits per heavy atom. The smallest absolute Gasteiger partial charge is 0.230 e. The minimum Gasteiger partial charge on any atom is -0.290 e. The van der Waals surface area contributed by atoms with Crippen molar-refractivity contribution in [2.75, 3.05) is 0 Å². The summed E-state index contributed by atoms with van der Waals surface area (Å²) in [6.07, 6.45) is 29.7. The highest BCUT2D eigenvalue weighted by atomic mass is 33.7. The summed E-state index contributed by atoms with van der Waals surface area (Å²) in [6.45, 7) is 4.52. The van der Waals surface area contributed by atoms with Crippen LogP contribution >= 0.6 is 41.6 Å². The summed E-state index contributed by atoms with van der Waals surface area (Å²) in [5.74, 6) is 0.212. The average molecular weight is 581 g/mol. The van der Waals surface area contributed by atoms with E-state index in [1.54, 1.807) is 0 Å². The lowest BCUT2D eigenvalue weighted by atomic mass is 10.1. The van der Waals surface area contributed by atoms with Gasteiger partial charge in [-0.2, -0.15) is 0 Å². The molecule has 36 heavy (non-hydrogen) atoms. The SMILES string of the molecule is CCCCCCCCCCCCCC(=O)NSSSSNC(=O)CCCCCCCCCCCCC. The monoisotopic (exact) mass is 580 g/mol. The maximum absolute atomic E-state index is 11.9. The molecule has 0 heterocycles. The predicted octanol–water partition coefficient (Wildman–Crippen LogP) is 11.1. The van der Waals surface area contributed by atoms with Crippen molar-refractivity contribution in [1.82, 2.24) is 9.44 Å². The van der Waals surface area contributed by atoms with Crippen LogP contribution in [-0.4, -0.2) is 11.8 Å². The van der Waals surface area contributed by atoms with Crippen LogP contribution in [-0.2, 0) is 9.59 Å². The van der Waals surface area contributed by atoms with Crippen LogP contribution in [0.2, 0.25) is 0 Å². The van der Waals surface area contributed by atoms with Crippen molar-refractivity contribution < 1.29 is 9.59 Å². The van der Waals surface area contributed by atoms with Gasteiger partial charge in [0, 0.05) is 54.5 Å². The van der Waals surface area contributed by atoms with Crippen LogP contribution in [0.1, 0.15) is 168 Å². The maximum Gasteiger partial charge on any atom is 0.230 e. The molecule has 0 radical (unpaired) electrons. The summed E-state index contributed by atoms with van der Waals surface area (Å²) in [5, 5.41) is 0. The van der Waals surface area contributed by atoms with Crippen molar-refractivity contribution in [2.45, 2.75) is 168 Å². The van der Waals surface area contributed by atoms with Gasteiger partial charge in [-0.15, -0.1) is 0 Å². The number of carbonyl (C=O) groups excluding carboxylic acids is 2. The second kappa shape index (κ2) is 31.6. The molecule has 0 rings (SSSR count). The van der Waals surface area contributed by atoms with Crippen LogP contribution < -0.4 is 9.44 Å². The molecule has 0 aromatic heterocycles. The zero-order valence-corrected chi connectivity index (χ0v) is 26.7. The van der Waals surface area contributed by atoms with Gasteiger partial charge in [0.05, 0.1) is 0 Å². The van der Waals surface area contributed by atoms with Gasteiger partial charge in [0.15, 0.2) is 0 Å². The molecule has 0 aliphatic rings. The van der Waals surface area contributed by atoms with Crippen LogP contribution in [0, 0.1) is 0 Å². The zero-order valence-electron chi connectivity index (χ0n) is 23.4. The van der Waals surface area contributed by atoms with Gasteiger partial charge in [-0.25, -0.2) is 0 Å². The van der Waals surface area contributed by atoms with Gasteiger partial charge < -0.3 is 0 Å². The highest BCUT2D eigenvalue weighted by Crippen LogP contribution is 2.39. The fraction of sp³-hybridized carbons (Fsp3) is 0.929. The van der Waals surface area contributed by atoms with Crippen LogP contribution in [0.25, 0.3) is 0 Å². The van der Waals surface area contributed by atoms with E-state index >= 15 is 0 Å². The van der Waals surface area contributed by atoms with E-state index in [1.165, 1.54) is 157 Å². The van der Waals surface area contributed by atoms with E-state index < -0.39 is 0 Å². The molecule has 0 aliphatic heterocycles. The molecule has 0 aromatic carbocycles. The Morgan fingerprint density at radius 2 is 0.667 bits per heavy atom. The lowest BCUT2D eigenvalue weighted by Gasteiger charge is -2.05. The third kappa shape index (κ3) is 30.6. The third-order valence-electron chi connectivity index (χ3n) is 6.42. The molecule has 0 saturated heterocycles. The predicted molar refractivity (Wildman–Crippen MR) is 169 cm³/mol. The molecule has 2 amide bonds. The summed E-state index contributed by atoms with van der Waals surface area (Å²) < 4.78 is 5.75. The van der Waals surface area contributed by atoms with E-state index in [0.29, 0.717) is 12.8 Å². The van der Waals surface area contributed by atoms with Crippen molar-refractivity contribution in [2.24, 2.45) is 0 Å². The van der Waals surface area contributed by atoms with E-state index in [4.69, 9.17) is 0 Å². The first-order valence-corrected chi connectivity index (χ1v) is 19.8. The molecule has 0 fully saturated rings. The van der Waals surface area contributed by atoms with E-state index in [2.05, 4.69) is 23.3 Å². The first kappa shape index (κ1) is 36.3. The number of rotatable bonds is 29. The second-order valence-corrected chi connectivity index (χ2v) is 15.2. The molecule has 8 heteroatoms. The molecular formula is C28H56N2O2S4. The largest absolute Gasteiger partial charge is 0.290 e. The third-order valence-corrected chi connectivity index (χ3v) is 11.5. The first-order valence-electron chi connectivity index (χ1n) is 14.9. The van der Waals surface area contributed by atoms with Crippen molar-refractivity contribution >= 4 is 53.4 Å². The minimum absolute atomic E-state index is 0.106. The lowest BCUT2D eigenvalue weighted by Crippen LogP contribution is -2.14. The Hall–Kier alpha value is 0.340.